The predicted molar refractivity (Wildman–Crippen MR) is 106 cm³/mol. The summed E-state index contributed by atoms with van der Waals surface area (Å²) in [7, 11) is 0. The van der Waals surface area contributed by atoms with Crippen LogP contribution in [0.1, 0.15) is 12.5 Å². The Morgan fingerprint density at radius 2 is 2.00 bits per heavy atom. The minimum Gasteiger partial charge on any atom is -0.422 e. The molecule has 4 rings (SSSR count). The highest BCUT2D eigenvalue weighted by Crippen LogP contribution is 2.19. The number of para-hydroxylation sites is 2. The van der Waals surface area contributed by atoms with Gasteiger partial charge in [-0.3, -0.25) is 10.2 Å². The summed E-state index contributed by atoms with van der Waals surface area (Å²) in [6, 6.07) is 13.8. The molecule has 0 atom stereocenters. The third kappa shape index (κ3) is 3.32. The van der Waals surface area contributed by atoms with E-state index in [-0.39, 0.29) is 11.4 Å². The summed E-state index contributed by atoms with van der Waals surface area (Å²) in [5.74, 6) is 0.0290. The van der Waals surface area contributed by atoms with Crippen molar-refractivity contribution in [1.29, 1.82) is 0 Å². The highest BCUT2D eigenvalue weighted by molar-refractivity contribution is 6.31. The van der Waals surface area contributed by atoms with Crippen molar-refractivity contribution in [3.05, 3.63) is 79.9 Å². The molecular formula is C19H13ClN4O3. The zero-order chi connectivity index (χ0) is 19.0. The van der Waals surface area contributed by atoms with E-state index in [9.17, 15) is 9.59 Å². The van der Waals surface area contributed by atoms with Gasteiger partial charge >= 0.3 is 5.63 Å². The molecule has 0 aliphatic carbocycles. The highest BCUT2D eigenvalue weighted by atomic mass is 35.5. The summed E-state index contributed by atoms with van der Waals surface area (Å²) in [4.78, 5) is 31.3. The lowest BCUT2D eigenvalue weighted by Crippen LogP contribution is -2.17. The summed E-state index contributed by atoms with van der Waals surface area (Å²) < 4.78 is 5.30. The Bertz CT molecular complexity index is 1320. The summed E-state index contributed by atoms with van der Waals surface area (Å²) in [6.07, 6.45) is 0. The predicted octanol–water partition coefficient (Wildman–Crippen LogP) is 3.52. The van der Waals surface area contributed by atoms with Crippen LogP contribution in [0.3, 0.4) is 0 Å². The van der Waals surface area contributed by atoms with Gasteiger partial charge in [-0.15, -0.1) is 0 Å². The lowest BCUT2D eigenvalue weighted by Gasteiger charge is -2.04. The quantitative estimate of drug-likeness (QED) is 0.322. The Morgan fingerprint density at radius 1 is 1.19 bits per heavy atom. The van der Waals surface area contributed by atoms with Gasteiger partial charge in [0, 0.05) is 10.4 Å². The fourth-order valence-electron chi connectivity index (χ4n) is 2.65. The van der Waals surface area contributed by atoms with Gasteiger partial charge in [-0.05, 0) is 43.3 Å². The molecule has 4 aromatic rings. The van der Waals surface area contributed by atoms with Gasteiger partial charge in [0.05, 0.1) is 22.3 Å². The number of rotatable bonds is 3. The molecule has 0 spiro atoms. The second-order valence-electron chi connectivity index (χ2n) is 5.87. The van der Waals surface area contributed by atoms with E-state index in [0.29, 0.717) is 32.7 Å². The molecule has 0 aliphatic rings. The maximum Gasteiger partial charge on any atom is 0.345 e. The number of nitrogens with zero attached hydrogens (tertiary/aromatic N) is 2. The number of hydrogen-bond donors (Lipinski definition) is 2. The maximum atomic E-state index is 12.2. The van der Waals surface area contributed by atoms with Gasteiger partial charge in [0.25, 0.3) is 5.56 Å². The molecule has 8 heteroatoms. The van der Waals surface area contributed by atoms with Crippen LogP contribution in [-0.4, -0.2) is 15.7 Å². The molecule has 0 radical (unpaired) electrons. The molecule has 2 aromatic carbocycles. The SMILES string of the molecule is C/C(=N\Nc1nc2ccccc2[nH]c1=O)c1cc2cc(Cl)ccc2oc1=O. The Kier molecular flexibility index (Phi) is 4.21. The number of anilines is 1. The molecule has 27 heavy (non-hydrogen) atoms. The van der Waals surface area contributed by atoms with Crippen LogP contribution in [0.2, 0.25) is 5.02 Å². The second-order valence-corrected chi connectivity index (χ2v) is 6.31. The van der Waals surface area contributed by atoms with Crippen molar-refractivity contribution in [1.82, 2.24) is 9.97 Å². The van der Waals surface area contributed by atoms with E-state index in [4.69, 9.17) is 16.0 Å². The van der Waals surface area contributed by atoms with E-state index in [0.717, 1.165) is 0 Å². The van der Waals surface area contributed by atoms with Gasteiger partial charge in [-0.2, -0.15) is 5.10 Å². The first kappa shape index (κ1) is 17.0. The number of fused-ring (bicyclic) bond motifs is 2. The molecule has 0 amide bonds. The van der Waals surface area contributed by atoms with Crippen molar-refractivity contribution in [3.8, 4) is 0 Å². The van der Waals surface area contributed by atoms with Crippen molar-refractivity contribution in [3.63, 3.8) is 0 Å². The number of halogens is 1. The van der Waals surface area contributed by atoms with Gasteiger partial charge < -0.3 is 9.40 Å². The van der Waals surface area contributed by atoms with Crippen molar-refractivity contribution in [2.75, 3.05) is 5.43 Å². The summed E-state index contributed by atoms with van der Waals surface area (Å²) >= 11 is 5.99. The smallest absolute Gasteiger partial charge is 0.345 e. The normalized spacial score (nSPS) is 11.9. The van der Waals surface area contributed by atoms with E-state index in [1.54, 1.807) is 49.4 Å². The van der Waals surface area contributed by atoms with Crippen LogP contribution in [0.15, 0.2) is 67.6 Å². The number of H-pyrrole nitrogens is 1. The summed E-state index contributed by atoms with van der Waals surface area (Å²) in [6.45, 7) is 1.63. The minimum atomic E-state index is -0.534. The van der Waals surface area contributed by atoms with E-state index >= 15 is 0 Å². The van der Waals surface area contributed by atoms with Crippen LogP contribution >= 0.6 is 11.6 Å². The molecule has 0 saturated heterocycles. The zero-order valence-corrected chi connectivity index (χ0v) is 14.9. The fourth-order valence-corrected chi connectivity index (χ4v) is 2.83. The zero-order valence-electron chi connectivity index (χ0n) is 14.1. The molecule has 2 N–H and O–H groups in total. The van der Waals surface area contributed by atoms with Gasteiger partial charge in [0.1, 0.15) is 5.58 Å². The molecule has 2 aromatic heterocycles. The molecule has 0 saturated carbocycles. The van der Waals surface area contributed by atoms with Gasteiger partial charge in [-0.25, -0.2) is 9.78 Å². The average molecular weight is 381 g/mol. The van der Waals surface area contributed by atoms with Crippen LogP contribution in [0.5, 0.6) is 0 Å². The van der Waals surface area contributed by atoms with Crippen LogP contribution in [0.25, 0.3) is 22.0 Å². The van der Waals surface area contributed by atoms with Crippen LogP contribution < -0.4 is 16.6 Å². The lowest BCUT2D eigenvalue weighted by molar-refractivity contribution is 0.559. The number of aromatic nitrogens is 2. The van der Waals surface area contributed by atoms with E-state index in [1.165, 1.54) is 0 Å². The summed E-state index contributed by atoms with van der Waals surface area (Å²) in [5, 5.41) is 5.32. The van der Waals surface area contributed by atoms with E-state index < -0.39 is 11.2 Å². The Balaban J connectivity index is 1.72. The van der Waals surface area contributed by atoms with Crippen molar-refractivity contribution in [2.24, 2.45) is 5.10 Å². The third-order valence-electron chi connectivity index (χ3n) is 4.01. The van der Waals surface area contributed by atoms with Crippen LogP contribution in [0.4, 0.5) is 5.82 Å². The van der Waals surface area contributed by atoms with Gasteiger partial charge in [-0.1, -0.05) is 23.7 Å². The monoisotopic (exact) mass is 380 g/mol. The van der Waals surface area contributed by atoms with Crippen LogP contribution in [-0.2, 0) is 0 Å². The second kappa shape index (κ2) is 6.69. The fraction of sp³-hybridized carbons (Fsp3) is 0.0526. The lowest BCUT2D eigenvalue weighted by atomic mass is 10.1. The van der Waals surface area contributed by atoms with E-state index in [1.807, 2.05) is 6.07 Å². The van der Waals surface area contributed by atoms with Gasteiger partial charge in [0.2, 0.25) is 5.82 Å². The van der Waals surface area contributed by atoms with Crippen molar-refractivity contribution < 1.29 is 4.42 Å². The topological polar surface area (TPSA) is 100 Å². The molecule has 134 valence electrons. The molecule has 0 bridgehead atoms. The largest absolute Gasteiger partial charge is 0.422 e. The molecule has 0 aliphatic heterocycles. The van der Waals surface area contributed by atoms with Crippen molar-refractivity contribution in [2.45, 2.75) is 6.92 Å². The number of hydrogen-bond acceptors (Lipinski definition) is 6. The number of benzene rings is 2. The highest BCUT2D eigenvalue weighted by Gasteiger charge is 2.10. The number of hydrazone groups is 1. The Morgan fingerprint density at radius 3 is 2.85 bits per heavy atom. The maximum absolute atomic E-state index is 12.2. The van der Waals surface area contributed by atoms with Crippen LogP contribution in [0, 0.1) is 0 Å². The molecule has 7 nitrogen and oxygen atoms in total. The first-order chi connectivity index (χ1) is 13.0. The Labute approximate surface area is 157 Å². The molecule has 2 heterocycles. The first-order valence-corrected chi connectivity index (χ1v) is 8.42. The summed E-state index contributed by atoms with van der Waals surface area (Å²) in [5.41, 5.74) is 3.95. The molecular weight excluding hydrogens is 368 g/mol. The molecule has 0 unspecified atom stereocenters. The number of aromatic amines is 1. The molecule has 0 fully saturated rings. The van der Waals surface area contributed by atoms with Crippen molar-refractivity contribution >= 4 is 45.1 Å². The first-order valence-electron chi connectivity index (χ1n) is 8.04. The van der Waals surface area contributed by atoms with Gasteiger partial charge in [0.15, 0.2) is 0 Å². The minimum absolute atomic E-state index is 0.0290. The Hall–Kier alpha value is -3.45. The third-order valence-corrected chi connectivity index (χ3v) is 4.25. The average Bonchev–Trinajstić information content (AvgIpc) is 2.66. The standard InChI is InChI=1S/C19H13ClN4O3/c1-10(13-9-11-8-12(20)6-7-16(11)27-19(13)26)23-24-17-18(25)22-15-5-3-2-4-14(15)21-17/h2-9H,1H3,(H,21,24)(H,22,25)/b23-10+. The number of nitrogens with one attached hydrogen (secondary N) is 2. The van der Waals surface area contributed by atoms with E-state index in [2.05, 4.69) is 20.5 Å².